The number of benzene rings is 3. The summed E-state index contributed by atoms with van der Waals surface area (Å²) < 4.78 is 13.4. The molecular weight excluding hydrogens is 542 g/mol. The van der Waals surface area contributed by atoms with E-state index >= 15 is 0 Å². The van der Waals surface area contributed by atoms with Crippen molar-refractivity contribution in [2.24, 2.45) is 0 Å². The fraction of sp³-hybridized carbons (Fsp3) is 0.375. The molecule has 1 fully saturated rings. The second-order valence-electron chi connectivity index (χ2n) is 10.3. The first kappa shape index (κ1) is 30.2. The zero-order chi connectivity index (χ0) is 28.3. The summed E-state index contributed by atoms with van der Waals surface area (Å²) in [6, 6.07) is 21.7. The van der Waals surface area contributed by atoms with Crippen LogP contribution in [0.5, 0.6) is 0 Å². The quantitative estimate of drug-likeness (QED) is 0.194. The number of rotatable bonds is 14. The highest BCUT2D eigenvalue weighted by Crippen LogP contribution is 2.21. The van der Waals surface area contributed by atoms with E-state index in [1.165, 1.54) is 12.1 Å². The molecule has 0 bridgehead atoms. The van der Waals surface area contributed by atoms with E-state index in [1.807, 2.05) is 54.8 Å². The molecule has 3 N–H and O–H groups in total. The van der Waals surface area contributed by atoms with Crippen LogP contribution in [0.3, 0.4) is 0 Å². The van der Waals surface area contributed by atoms with Crippen LogP contribution in [0.15, 0.2) is 72.8 Å². The molecule has 3 atom stereocenters. The van der Waals surface area contributed by atoms with Crippen molar-refractivity contribution in [1.82, 2.24) is 10.6 Å². The lowest BCUT2D eigenvalue weighted by Gasteiger charge is -2.20. The average molecular weight is 580 g/mol. The van der Waals surface area contributed by atoms with Crippen LogP contribution in [-0.2, 0) is 24.1 Å². The summed E-state index contributed by atoms with van der Waals surface area (Å²) in [4.78, 5) is 27.0. The van der Waals surface area contributed by atoms with Crippen LogP contribution in [0.2, 0.25) is 0 Å². The summed E-state index contributed by atoms with van der Waals surface area (Å²) in [5, 5.41) is 10.3. The lowest BCUT2D eigenvalue weighted by molar-refractivity contribution is -0.120. The SMILES string of the molecule is CSCC[C@H](NC(=O)c1cc(NC[C@@H]2C[C@H](S)CN2)ccc1CCc1ccc(F)cc1)C(=O)Cc1ccccc1. The van der Waals surface area contributed by atoms with Crippen molar-refractivity contribution in [2.75, 3.05) is 30.4 Å². The third-order valence-electron chi connectivity index (χ3n) is 7.23. The van der Waals surface area contributed by atoms with Crippen LogP contribution < -0.4 is 16.0 Å². The number of hydrogen-bond donors (Lipinski definition) is 4. The molecule has 1 heterocycles. The molecule has 3 aromatic rings. The molecule has 1 saturated heterocycles. The molecule has 3 aromatic carbocycles. The van der Waals surface area contributed by atoms with Crippen molar-refractivity contribution in [3.8, 4) is 0 Å². The number of hydrogen-bond acceptors (Lipinski definition) is 6. The van der Waals surface area contributed by atoms with Crippen molar-refractivity contribution < 1.29 is 14.0 Å². The van der Waals surface area contributed by atoms with Crippen LogP contribution in [0.1, 0.15) is 39.9 Å². The maximum absolute atomic E-state index is 13.7. The Kier molecular flexibility index (Phi) is 11.5. The van der Waals surface area contributed by atoms with Crippen LogP contribution in [0.4, 0.5) is 10.1 Å². The van der Waals surface area contributed by atoms with Gasteiger partial charge in [-0.3, -0.25) is 9.59 Å². The number of Topliss-reactive ketones (excluding diaryl/α,β-unsaturated/α-hetero) is 1. The van der Waals surface area contributed by atoms with Gasteiger partial charge in [0.25, 0.3) is 5.91 Å². The van der Waals surface area contributed by atoms with Gasteiger partial charge in [-0.2, -0.15) is 24.4 Å². The zero-order valence-electron chi connectivity index (χ0n) is 22.9. The van der Waals surface area contributed by atoms with E-state index in [2.05, 4.69) is 28.6 Å². The second kappa shape index (κ2) is 15.3. The van der Waals surface area contributed by atoms with E-state index in [9.17, 15) is 14.0 Å². The minimum Gasteiger partial charge on any atom is -0.383 e. The number of thioether (sulfide) groups is 1. The molecule has 0 aromatic heterocycles. The first-order valence-electron chi connectivity index (χ1n) is 13.8. The molecule has 4 rings (SSSR count). The van der Waals surface area contributed by atoms with E-state index in [4.69, 9.17) is 0 Å². The number of ketones is 1. The van der Waals surface area contributed by atoms with Crippen LogP contribution >= 0.6 is 24.4 Å². The Morgan fingerprint density at radius 1 is 1.05 bits per heavy atom. The summed E-state index contributed by atoms with van der Waals surface area (Å²) in [7, 11) is 0. The van der Waals surface area contributed by atoms with Gasteiger partial charge in [0.1, 0.15) is 5.82 Å². The number of amides is 1. The highest BCUT2D eigenvalue weighted by atomic mass is 32.2. The number of aryl methyl sites for hydroxylation is 2. The predicted molar refractivity (Wildman–Crippen MR) is 167 cm³/mol. The highest BCUT2D eigenvalue weighted by Gasteiger charge is 2.24. The highest BCUT2D eigenvalue weighted by molar-refractivity contribution is 7.98. The molecule has 0 unspecified atom stereocenters. The van der Waals surface area contributed by atoms with Crippen LogP contribution in [-0.4, -0.2) is 54.1 Å². The fourth-order valence-corrected chi connectivity index (χ4v) is 5.78. The van der Waals surface area contributed by atoms with Crippen molar-refractivity contribution in [2.45, 2.75) is 49.4 Å². The average Bonchev–Trinajstić information content (AvgIpc) is 3.39. The van der Waals surface area contributed by atoms with Gasteiger partial charge >= 0.3 is 0 Å². The topological polar surface area (TPSA) is 70.2 Å². The van der Waals surface area contributed by atoms with Crippen molar-refractivity contribution in [3.63, 3.8) is 0 Å². The Bertz CT molecular complexity index is 1260. The summed E-state index contributed by atoms with van der Waals surface area (Å²) in [5.41, 5.74) is 4.24. The smallest absolute Gasteiger partial charge is 0.252 e. The molecule has 0 saturated carbocycles. The van der Waals surface area contributed by atoms with Gasteiger partial charge in [0, 0.05) is 42.1 Å². The Morgan fingerprint density at radius 2 is 1.82 bits per heavy atom. The van der Waals surface area contributed by atoms with Gasteiger partial charge in [-0.05, 0) is 78.6 Å². The minimum absolute atomic E-state index is 0.00404. The largest absolute Gasteiger partial charge is 0.383 e. The molecule has 0 radical (unpaired) electrons. The third-order valence-corrected chi connectivity index (χ3v) is 8.27. The summed E-state index contributed by atoms with van der Waals surface area (Å²) in [6.07, 6.45) is 5.12. The fourth-order valence-electron chi connectivity index (χ4n) is 4.95. The summed E-state index contributed by atoms with van der Waals surface area (Å²) in [6.45, 7) is 1.62. The second-order valence-corrected chi connectivity index (χ2v) is 12.0. The molecule has 0 aliphatic carbocycles. The van der Waals surface area contributed by atoms with Gasteiger partial charge in [0.05, 0.1) is 6.04 Å². The summed E-state index contributed by atoms with van der Waals surface area (Å²) >= 11 is 6.21. The zero-order valence-corrected chi connectivity index (χ0v) is 24.6. The number of halogens is 1. The monoisotopic (exact) mass is 579 g/mol. The normalized spacial score (nSPS) is 17.4. The predicted octanol–water partition coefficient (Wildman–Crippen LogP) is 5.35. The summed E-state index contributed by atoms with van der Waals surface area (Å²) in [5.74, 6) is 0.256. The molecule has 1 amide bonds. The van der Waals surface area contributed by atoms with Gasteiger partial charge < -0.3 is 16.0 Å². The lowest BCUT2D eigenvalue weighted by atomic mass is 9.97. The Balaban J connectivity index is 1.51. The molecule has 5 nitrogen and oxygen atoms in total. The number of carbonyl (C=O) groups excluding carboxylic acids is 2. The minimum atomic E-state index is -0.572. The van der Waals surface area contributed by atoms with Crippen molar-refractivity contribution in [3.05, 3.63) is 101 Å². The van der Waals surface area contributed by atoms with Crippen molar-refractivity contribution >= 4 is 41.8 Å². The molecule has 1 aliphatic rings. The van der Waals surface area contributed by atoms with Gasteiger partial charge in [-0.25, -0.2) is 4.39 Å². The maximum Gasteiger partial charge on any atom is 0.252 e. The molecular formula is C32H38FN3O2S2. The number of carbonyl (C=O) groups is 2. The molecule has 8 heteroatoms. The van der Waals surface area contributed by atoms with E-state index < -0.39 is 6.04 Å². The van der Waals surface area contributed by atoms with Gasteiger partial charge in [0.15, 0.2) is 5.78 Å². The van der Waals surface area contributed by atoms with E-state index in [0.717, 1.165) is 47.6 Å². The maximum atomic E-state index is 13.7. The Morgan fingerprint density at radius 3 is 2.52 bits per heavy atom. The van der Waals surface area contributed by atoms with Gasteiger partial charge in [-0.1, -0.05) is 48.5 Å². The van der Waals surface area contributed by atoms with Crippen LogP contribution in [0.25, 0.3) is 0 Å². The van der Waals surface area contributed by atoms with Crippen molar-refractivity contribution in [1.29, 1.82) is 0 Å². The van der Waals surface area contributed by atoms with Gasteiger partial charge in [0.2, 0.25) is 0 Å². The molecule has 0 spiro atoms. The Hall–Kier alpha value is -2.81. The molecule has 1 aliphatic heterocycles. The van der Waals surface area contributed by atoms with E-state index in [-0.39, 0.29) is 23.9 Å². The number of nitrogens with one attached hydrogen (secondary N) is 3. The standard InChI is InChI=1S/C32H38FN3O2S2/c1-40-16-15-30(31(37)17-23-5-3-2-4-6-23)36-32(38)29-19-26(34-20-27-18-28(39)21-35-27)14-11-24(29)10-7-22-8-12-25(33)13-9-22/h2-6,8-9,11-14,19,27-28,30,34-35,39H,7,10,15-18,20-21H2,1H3,(H,36,38)/t27-,28-,30-/m0/s1. The molecule has 40 heavy (non-hydrogen) atoms. The first-order chi connectivity index (χ1) is 19.4. The lowest BCUT2D eigenvalue weighted by Crippen LogP contribution is -2.42. The van der Waals surface area contributed by atoms with E-state index in [1.54, 1.807) is 23.9 Å². The van der Waals surface area contributed by atoms with Gasteiger partial charge in [-0.15, -0.1) is 0 Å². The van der Waals surface area contributed by atoms with Crippen LogP contribution in [0, 0.1) is 5.82 Å². The third kappa shape index (κ3) is 9.11. The number of anilines is 1. The first-order valence-corrected chi connectivity index (χ1v) is 15.7. The number of thiol groups is 1. The molecule has 212 valence electrons. The van der Waals surface area contributed by atoms with E-state index in [0.29, 0.717) is 36.1 Å². The Labute approximate surface area is 246 Å².